The van der Waals surface area contributed by atoms with E-state index < -0.39 is 0 Å². The van der Waals surface area contributed by atoms with Crippen LogP contribution in [0.15, 0.2) is 164 Å². The first kappa shape index (κ1) is 24.9. The van der Waals surface area contributed by atoms with Gasteiger partial charge in [-0.1, -0.05) is 121 Å². The summed E-state index contributed by atoms with van der Waals surface area (Å²) in [6, 6.07) is 58.2. The first-order valence-electron chi connectivity index (χ1n) is 14.6. The summed E-state index contributed by atoms with van der Waals surface area (Å²) < 4.78 is 2.35. The molecular formula is C42H27N. The highest BCUT2D eigenvalue weighted by molar-refractivity contribution is 6.09. The van der Waals surface area contributed by atoms with Gasteiger partial charge in [0.15, 0.2) is 0 Å². The molecule has 0 aliphatic heterocycles. The molecule has 0 saturated heterocycles. The minimum atomic E-state index is 1.00. The summed E-state index contributed by atoms with van der Waals surface area (Å²) in [6.07, 6.45) is 0. The Morgan fingerprint density at radius 3 is 1.37 bits per heavy atom. The van der Waals surface area contributed by atoms with E-state index in [0.717, 1.165) is 16.8 Å². The lowest BCUT2D eigenvalue weighted by Crippen LogP contribution is -1.93. The Kier molecular flexibility index (Phi) is 6.10. The predicted molar refractivity (Wildman–Crippen MR) is 182 cm³/mol. The van der Waals surface area contributed by atoms with E-state index in [0.29, 0.717) is 0 Å². The summed E-state index contributed by atoms with van der Waals surface area (Å²) in [5.74, 6) is 6.66. The molecule has 1 heterocycles. The van der Waals surface area contributed by atoms with E-state index in [2.05, 4.69) is 180 Å². The van der Waals surface area contributed by atoms with Gasteiger partial charge in [0.05, 0.1) is 11.0 Å². The normalized spacial score (nSPS) is 11.1. The highest BCUT2D eigenvalue weighted by Gasteiger charge is 2.11. The van der Waals surface area contributed by atoms with Crippen molar-refractivity contribution < 1.29 is 0 Å². The third kappa shape index (κ3) is 4.66. The summed E-state index contributed by atoms with van der Waals surface area (Å²) in [4.78, 5) is 0. The Bertz CT molecular complexity index is 2250. The highest BCUT2D eigenvalue weighted by Crippen LogP contribution is 2.32. The molecule has 8 aromatic rings. The van der Waals surface area contributed by atoms with E-state index in [-0.39, 0.29) is 0 Å². The monoisotopic (exact) mass is 545 g/mol. The van der Waals surface area contributed by atoms with E-state index in [1.807, 2.05) is 0 Å². The quantitative estimate of drug-likeness (QED) is 0.195. The van der Waals surface area contributed by atoms with Gasteiger partial charge in [0.1, 0.15) is 0 Å². The van der Waals surface area contributed by atoms with Crippen LogP contribution in [-0.4, -0.2) is 4.57 Å². The topological polar surface area (TPSA) is 4.93 Å². The smallest absolute Gasteiger partial charge is 0.0541 e. The van der Waals surface area contributed by atoms with Crippen molar-refractivity contribution in [1.82, 2.24) is 4.57 Å². The lowest BCUT2D eigenvalue weighted by atomic mass is 10.0. The van der Waals surface area contributed by atoms with Crippen molar-refractivity contribution in [3.05, 3.63) is 175 Å². The maximum absolute atomic E-state index is 3.33. The van der Waals surface area contributed by atoms with Crippen molar-refractivity contribution in [1.29, 1.82) is 0 Å². The molecule has 0 atom stereocenters. The molecular weight excluding hydrogens is 518 g/mol. The molecule has 1 heteroatoms. The number of rotatable bonds is 3. The fourth-order valence-corrected chi connectivity index (χ4v) is 6.01. The summed E-state index contributed by atoms with van der Waals surface area (Å²) in [6.45, 7) is 0. The second-order valence-corrected chi connectivity index (χ2v) is 10.9. The van der Waals surface area contributed by atoms with Crippen molar-refractivity contribution in [3.63, 3.8) is 0 Å². The van der Waals surface area contributed by atoms with Crippen molar-refractivity contribution >= 4 is 32.6 Å². The molecule has 1 aromatic heterocycles. The zero-order valence-electron chi connectivity index (χ0n) is 23.5. The molecule has 0 fully saturated rings. The molecule has 1 nitrogen and oxygen atoms in total. The van der Waals surface area contributed by atoms with Gasteiger partial charge in [0.2, 0.25) is 0 Å². The molecule has 0 bridgehead atoms. The van der Waals surface area contributed by atoms with Crippen LogP contribution in [-0.2, 0) is 0 Å². The Morgan fingerprint density at radius 1 is 0.349 bits per heavy atom. The summed E-state index contributed by atoms with van der Waals surface area (Å²) in [5, 5.41) is 5.07. The SMILES string of the molecule is C(#Cc1ccc(-c2ccc3ccccc3c2)cc1)c1ccc(-c2ccc(-n3c4ccccc4c4ccccc43)cc2)cc1. The number of para-hydroxylation sites is 2. The van der Waals surface area contributed by atoms with Gasteiger partial charge in [0.25, 0.3) is 0 Å². The summed E-state index contributed by atoms with van der Waals surface area (Å²) >= 11 is 0. The molecule has 0 unspecified atom stereocenters. The maximum Gasteiger partial charge on any atom is 0.0541 e. The van der Waals surface area contributed by atoms with Gasteiger partial charge < -0.3 is 4.57 Å². The number of hydrogen-bond donors (Lipinski definition) is 0. The zero-order valence-corrected chi connectivity index (χ0v) is 23.5. The van der Waals surface area contributed by atoms with Gasteiger partial charge in [-0.05, 0) is 87.6 Å². The number of hydrogen-bond acceptors (Lipinski definition) is 0. The van der Waals surface area contributed by atoms with Crippen LogP contribution in [0, 0.1) is 11.8 Å². The molecule has 0 radical (unpaired) electrons. The molecule has 8 rings (SSSR count). The van der Waals surface area contributed by atoms with Crippen LogP contribution in [0.25, 0.3) is 60.5 Å². The molecule has 0 spiro atoms. The Balaban J connectivity index is 1.01. The minimum Gasteiger partial charge on any atom is -0.309 e. The van der Waals surface area contributed by atoms with Crippen LogP contribution < -0.4 is 0 Å². The first-order valence-corrected chi connectivity index (χ1v) is 14.6. The molecule has 43 heavy (non-hydrogen) atoms. The number of benzene rings is 7. The Hall–Kier alpha value is -5.84. The largest absolute Gasteiger partial charge is 0.309 e. The highest BCUT2D eigenvalue weighted by atomic mass is 15.0. The molecule has 0 aliphatic rings. The van der Waals surface area contributed by atoms with Crippen LogP contribution in [0.1, 0.15) is 11.1 Å². The van der Waals surface area contributed by atoms with Crippen LogP contribution in [0.2, 0.25) is 0 Å². The second-order valence-electron chi connectivity index (χ2n) is 10.9. The standard InChI is InChI=1S/C42H27N/c1-2-8-36-29-37(24-23-32(36)7-1)35-21-17-31(18-22-35)14-13-30-15-19-33(20-16-30)34-25-27-38(28-26-34)43-41-11-5-3-9-39(41)40-10-4-6-12-42(40)43/h1-12,15-29H. The predicted octanol–water partition coefficient (Wildman–Crippen LogP) is 10.7. The number of nitrogens with zero attached hydrogens (tertiary/aromatic N) is 1. The van der Waals surface area contributed by atoms with Gasteiger partial charge in [-0.25, -0.2) is 0 Å². The lowest BCUT2D eigenvalue weighted by Gasteiger charge is -2.09. The van der Waals surface area contributed by atoms with Crippen molar-refractivity contribution in [2.45, 2.75) is 0 Å². The number of fused-ring (bicyclic) bond motifs is 4. The Morgan fingerprint density at radius 2 is 0.791 bits per heavy atom. The zero-order chi connectivity index (χ0) is 28.6. The van der Waals surface area contributed by atoms with E-state index in [4.69, 9.17) is 0 Å². The van der Waals surface area contributed by atoms with Gasteiger partial charge in [0, 0.05) is 27.6 Å². The van der Waals surface area contributed by atoms with Gasteiger partial charge in [-0.3, -0.25) is 0 Å². The summed E-state index contributed by atoms with van der Waals surface area (Å²) in [7, 11) is 0. The Labute approximate surface area is 251 Å². The fourth-order valence-electron chi connectivity index (χ4n) is 6.01. The molecule has 0 N–H and O–H groups in total. The van der Waals surface area contributed by atoms with Crippen molar-refractivity contribution in [3.8, 4) is 39.8 Å². The van der Waals surface area contributed by atoms with Crippen LogP contribution >= 0.6 is 0 Å². The van der Waals surface area contributed by atoms with E-state index in [1.165, 1.54) is 54.8 Å². The van der Waals surface area contributed by atoms with Gasteiger partial charge in [-0.2, -0.15) is 0 Å². The molecule has 0 amide bonds. The average Bonchev–Trinajstić information content (AvgIpc) is 3.42. The molecule has 0 aliphatic carbocycles. The second kappa shape index (κ2) is 10.5. The van der Waals surface area contributed by atoms with Crippen molar-refractivity contribution in [2.24, 2.45) is 0 Å². The van der Waals surface area contributed by atoms with Crippen LogP contribution in [0.3, 0.4) is 0 Å². The third-order valence-electron chi connectivity index (χ3n) is 8.24. The van der Waals surface area contributed by atoms with E-state index in [1.54, 1.807) is 0 Å². The van der Waals surface area contributed by atoms with E-state index in [9.17, 15) is 0 Å². The fraction of sp³-hybridized carbons (Fsp3) is 0. The van der Waals surface area contributed by atoms with Crippen LogP contribution in [0.4, 0.5) is 0 Å². The maximum atomic E-state index is 3.33. The minimum absolute atomic E-state index is 1.00. The lowest BCUT2D eigenvalue weighted by molar-refractivity contribution is 1.18. The molecule has 0 saturated carbocycles. The van der Waals surface area contributed by atoms with Gasteiger partial charge >= 0.3 is 0 Å². The van der Waals surface area contributed by atoms with Crippen molar-refractivity contribution in [2.75, 3.05) is 0 Å². The van der Waals surface area contributed by atoms with Crippen LogP contribution in [0.5, 0.6) is 0 Å². The molecule has 200 valence electrons. The van der Waals surface area contributed by atoms with E-state index >= 15 is 0 Å². The number of aromatic nitrogens is 1. The summed E-state index contributed by atoms with van der Waals surface area (Å²) in [5.41, 5.74) is 10.4. The van der Waals surface area contributed by atoms with Gasteiger partial charge in [-0.15, -0.1) is 0 Å². The third-order valence-corrected chi connectivity index (χ3v) is 8.24. The average molecular weight is 546 g/mol. The molecule has 7 aromatic carbocycles. The first-order chi connectivity index (χ1) is 21.3.